The predicted octanol–water partition coefficient (Wildman–Crippen LogP) is 0.820. The van der Waals surface area contributed by atoms with Crippen LogP contribution in [0.25, 0.3) is 0 Å². The van der Waals surface area contributed by atoms with Crippen LogP contribution >= 0.6 is 12.6 Å². The zero-order valence-corrected chi connectivity index (χ0v) is 10.7. The van der Waals surface area contributed by atoms with Crippen LogP contribution < -0.4 is 5.73 Å². The van der Waals surface area contributed by atoms with Gasteiger partial charge in [0.05, 0.1) is 0 Å². The molecule has 16 heavy (non-hydrogen) atoms. The molecule has 6 heteroatoms. The molecule has 1 atom stereocenters. The normalized spacial score (nSPS) is 15.3. The van der Waals surface area contributed by atoms with Gasteiger partial charge in [0.2, 0.25) is 4.75 Å². The van der Waals surface area contributed by atoms with Gasteiger partial charge < -0.3 is 15.6 Å². The van der Waals surface area contributed by atoms with Crippen LogP contribution in [0.2, 0.25) is 0 Å². The number of esters is 1. The van der Waals surface area contributed by atoms with Crippen LogP contribution in [0.5, 0.6) is 0 Å². The smallest absolute Gasteiger partial charge is 0.334 e. The summed E-state index contributed by atoms with van der Waals surface area (Å²) in [6.45, 7) is 5.32. The van der Waals surface area contributed by atoms with Crippen LogP contribution in [0.15, 0.2) is 0 Å². The Bertz CT molecular complexity index is 274. The lowest BCUT2D eigenvalue weighted by Gasteiger charge is -2.27. The van der Waals surface area contributed by atoms with Crippen molar-refractivity contribution >= 4 is 24.6 Å². The molecule has 0 rings (SSSR count). The summed E-state index contributed by atoms with van der Waals surface area (Å²) in [4.78, 5) is 22.7. The van der Waals surface area contributed by atoms with Crippen molar-refractivity contribution in [2.24, 2.45) is 5.73 Å². The molecule has 0 aliphatic heterocycles. The fourth-order valence-corrected chi connectivity index (χ4v) is 1.22. The molecule has 0 saturated carbocycles. The first-order chi connectivity index (χ1) is 7.13. The highest BCUT2D eigenvalue weighted by Crippen LogP contribution is 2.26. The fourth-order valence-electron chi connectivity index (χ4n) is 1.02. The molecular formula is C10H19NO4S. The lowest BCUT2D eigenvalue weighted by atomic mass is 10.0. The third-order valence-corrected chi connectivity index (χ3v) is 2.43. The van der Waals surface area contributed by atoms with E-state index in [4.69, 9.17) is 15.6 Å². The second kappa shape index (κ2) is 5.54. The van der Waals surface area contributed by atoms with Gasteiger partial charge in [0.1, 0.15) is 5.60 Å². The maximum Gasteiger partial charge on any atom is 0.334 e. The first kappa shape index (κ1) is 15.2. The summed E-state index contributed by atoms with van der Waals surface area (Å²) in [6.07, 6.45) is 0.450. The minimum Gasteiger partial charge on any atom is -0.480 e. The molecule has 0 fully saturated rings. The van der Waals surface area contributed by atoms with Crippen LogP contribution in [-0.2, 0) is 14.3 Å². The maximum atomic E-state index is 11.7. The van der Waals surface area contributed by atoms with Crippen LogP contribution in [0.4, 0.5) is 0 Å². The quantitative estimate of drug-likeness (QED) is 0.381. The summed E-state index contributed by atoms with van der Waals surface area (Å²) < 4.78 is 3.21. The van der Waals surface area contributed by atoms with Gasteiger partial charge in [-0.15, -0.1) is 12.6 Å². The van der Waals surface area contributed by atoms with Crippen LogP contribution in [0, 0.1) is 0 Å². The molecule has 0 heterocycles. The van der Waals surface area contributed by atoms with E-state index in [-0.39, 0.29) is 6.42 Å². The van der Waals surface area contributed by atoms with Crippen molar-refractivity contribution in [2.75, 3.05) is 6.54 Å². The molecule has 3 N–H and O–H groups in total. The molecule has 1 unspecified atom stereocenters. The van der Waals surface area contributed by atoms with Gasteiger partial charge in [0.25, 0.3) is 0 Å². The Morgan fingerprint density at radius 1 is 1.38 bits per heavy atom. The topological polar surface area (TPSA) is 89.6 Å². The molecule has 0 saturated heterocycles. The van der Waals surface area contributed by atoms with Crippen LogP contribution in [0.3, 0.4) is 0 Å². The fraction of sp³-hybridized carbons (Fsp3) is 0.800. The van der Waals surface area contributed by atoms with E-state index in [0.717, 1.165) is 0 Å². The Morgan fingerprint density at radius 3 is 2.19 bits per heavy atom. The number of thiol groups is 1. The Kier molecular flexibility index (Phi) is 5.28. The van der Waals surface area contributed by atoms with Gasteiger partial charge >= 0.3 is 11.9 Å². The molecular weight excluding hydrogens is 230 g/mol. The van der Waals surface area contributed by atoms with E-state index >= 15 is 0 Å². The molecule has 0 aliphatic carbocycles. The van der Waals surface area contributed by atoms with Gasteiger partial charge in [0.15, 0.2) is 0 Å². The zero-order valence-electron chi connectivity index (χ0n) is 9.82. The lowest BCUT2D eigenvalue weighted by molar-refractivity contribution is -0.164. The number of carboxylic acids is 1. The Labute approximate surface area is 101 Å². The van der Waals surface area contributed by atoms with Crippen molar-refractivity contribution in [3.8, 4) is 0 Å². The number of hydrogen-bond acceptors (Lipinski definition) is 5. The largest absolute Gasteiger partial charge is 0.480 e. The van der Waals surface area contributed by atoms with Gasteiger partial charge in [-0.2, -0.15) is 0 Å². The molecule has 0 aliphatic rings. The molecule has 0 spiro atoms. The monoisotopic (exact) mass is 249 g/mol. The number of carboxylic acid groups (broad SMARTS) is 1. The van der Waals surface area contributed by atoms with Gasteiger partial charge in [-0.1, -0.05) is 0 Å². The summed E-state index contributed by atoms with van der Waals surface area (Å²) in [5.74, 6) is -2.15. The van der Waals surface area contributed by atoms with Crippen molar-refractivity contribution in [3.05, 3.63) is 0 Å². The summed E-state index contributed by atoms with van der Waals surface area (Å²) in [7, 11) is 0. The first-order valence-electron chi connectivity index (χ1n) is 5.03. The van der Waals surface area contributed by atoms with Crippen molar-refractivity contribution in [2.45, 2.75) is 44.0 Å². The average Bonchev–Trinajstić information content (AvgIpc) is 2.10. The molecule has 0 amide bonds. The van der Waals surface area contributed by atoms with Crippen molar-refractivity contribution in [1.29, 1.82) is 0 Å². The highest BCUT2D eigenvalue weighted by molar-refractivity contribution is 7.83. The van der Waals surface area contributed by atoms with E-state index in [9.17, 15) is 9.59 Å². The molecule has 0 aromatic heterocycles. The van der Waals surface area contributed by atoms with E-state index in [0.29, 0.717) is 13.0 Å². The molecule has 0 radical (unpaired) electrons. The Balaban J connectivity index is 4.77. The number of hydrogen-bond donors (Lipinski definition) is 3. The Hall–Kier alpha value is -0.750. The predicted molar refractivity (Wildman–Crippen MR) is 63.5 cm³/mol. The number of nitrogens with two attached hydrogens (primary N) is 1. The minimum absolute atomic E-state index is 0.0524. The van der Waals surface area contributed by atoms with Crippen molar-refractivity contribution < 1.29 is 19.4 Å². The van der Waals surface area contributed by atoms with E-state index < -0.39 is 22.3 Å². The lowest BCUT2D eigenvalue weighted by Crippen LogP contribution is -2.45. The SMILES string of the molecule is CC(C)(C)OC(=O)C(S)(CCCN)C(=O)O. The van der Waals surface area contributed by atoms with Gasteiger partial charge in [-0.25, -0.2) is 4.79 Å². The van der Waals surface area contributed by atoms with E-state index in [1.807, 2.05) is 0 Å². The molecule has 94 valence electrons. The van der Waals surface area contributed by atoms with Crippen molar-refractivity contribution in [3.63, 3.8) is 0 Å². The van der Waals surface area contributed by atoms with Crippen LogP contribution in [0.1, 0.15) is 33.6 Å². The van der Waals surface area contributed by atoms with Gasteiger partial charge in [-0.05, 0) is 40.2 Å². The number of rotatable bonds is 5. The summed E-state index contributed by atoms with van der Waals surface area (Å²) in [5.41, 5.74) is 4.55. The summed E-state index contributed by atoms with van der Waals surface area (Å²) in [6, 6.07) is 0. The highest BCUT2D eigenvalue weighted by atomic mass is 32.1. The van der Waals surface area contributed by atoms with Gasteiger partial charge in [0, 0.05) is 0 Å². The minimum atomic E-state index is -1.81. The second-order valence-electron chi connectivity index (χ2n) is 4.56. The van der Waals surface area contributed by atoms with Crippen LogP contribution in [-0.4, -0.2) is 33.9 Å². The first-order valence-corrected chi connectivity index (χ1v) is 5.47. The number of ether oxygens (including phenoxy) is 1. The molecule has 0 bridgehead atoms. The third kappa shape index (κ3) is 4.40. The summed E-state index contributed by atoms with van der Waals surface area (Å²) >= 11 is 3.92. The number of aliphatic carboxylic acids is 1. The zero-order chi connectivity index (χ0) is 13.0. The maximum absolute atomic E-state index is 11.7. The third-order valence-electron chi connectivity index (χ3n) is 1.83. The summed E-state index contributed by atoms with van der Waals surface area (Å²) in [5, 5.41) is 9.01. The number of carbonyl (C=O) groups excluding carboxylic acids is 1. The van der Waals surface area contributed by atoms with Crippen molar-refractivity contribution in [1.82, 2.24) is 0 Å². The van der Waals surface area contributed by atoms with E-state index in [1.165, 1.54) is 0 Å². The second-order valence-corrected chi connectivity index (χ2v) is 5.32. The number of carbonyl (C=O) groups is 2. The van der Waals surface area contributed by atoms with Gasteiger partial charge in [-0.3, -0.25) is 4.79 Å². The standard InChI is InChI=1S/C10H19NO4S/c1-9(2,3)15-8(14)10(16,7(12)13)5-4-6-11/h16H,4-6,11H2,1-3H3,(H,12,13). The molecule has 0 aromatic rings. The van der Waals surface area contributed by atoms with E-state index in [1.54, 1.807) is 20.8 Å². The Morgan fingerprint density at radius 2 is 1.88 bits per heavy atom. The average molecular weight is 249 g/mol. The molecule has 0 aromatic carbocycles. The molecule has 5 nitrogen and oxygen atoms in total. The van der Waals surface area contributed by atoms with E-state index in [2.05, 4.69) is 12.6 Å². The highest BCUT2D eigenvalue weighted by Gasteiger charge is 2.45.